The lowest BCUT2D eigenvalue weighted by molar-refractivity contribution is -0.185. The van der Waals surface area contributed by atoms with E-state index in [4.69, 9.17) is 0 Å². The van der Waals surface area contributed by atoms with Gasteiger partial charge >= 0.3 is 12.1 Å². The minimum atomic E-state index is -4.87. The number of H-pyrrole nitrogens is 1. The minimum absolute atomic E-state index is 0.0264. The van der Waals surface area contributed by atoms with Crippen LogP contribution in [0.4, 0.5) is 17.6 Å². The Kier molecular flexibility index (Phi) is 4.99. The number of rotatable bonds is 2. The number of carbonyl (C=O) groups is 1. The van der Waals surface area contributed by atoms with E-state index in [1.54, 1.807) is 0 Å². The molecule has 1 aromatic carbocycles. The normalized spacial score (nSPS) is 16.7. The molecule has 1 aliphatic heterocycles. The van der Waals surface area contributed by atoms with Crippen molar-refractivity contribution >= 4 is 16.8 Å². The van der Waals surface area contributed by atoms with Crippen LogP contribution in [-0.2, 0) is 11.3 Å². The molecule has 5 nitrogen and oxygen atoms in total. The summed E-state index contributed by atoms with van der Waals surface area (Å²) in [7, 11) is 0. The number of carbonyl (C=O) groups excluding carboxylic acids is 1. The first kappa shape index (κ1) is 18.4. The second-order valence-corrected chi connectivity index (χ2v) is 6.27. The molecule has 1 N–H and O–H groups in total. The number of benzene rings is 1. The summed E-state index contributed by atoms with van der Waals surface area (Å²) in [5, 5.41) is 0.242. The van der Waals surface area contributed by atoms with Crippen LogP contribution in [0.3, 0.4) is 0 Å². The molecule has 2 aromatic rings. The highest BCUT2D eigenvalue weighted by Gasteiger charge is 2.42. The SMILES string of the molecule is O=C(N1CCCN(Cc2cc(=O)c3cc(F)ccc3[nH]2)CC1)C(F)(F)F. The Bertz CT molecular complexity index is 878. The highest BCUT2D eigenvalue weighted by atomic mass is 19.4. The number of nitrogens with zero attached hydrogens (tertiary/aromatic N) is 2. The molecule has 1 aliphatic rings. The molecule has 0 unspecified atom stereocenters. The quantitative estimate of drug-likeness (QED) is 0.824. The predicted octanol–water partition coefficient (Wildman–Crippen LogP) is 2.26. The van der Waals surface area contributed by atoms with Crippen LogP contribution in [0.1, 0.15) is 12.1 Å². The van der Waals surface area contributed by atoms with Crippen LogP contribution in [0, 0.1) is 5.82 Å². The topological polar surface area (TPSA) is 56.4 Å². The van der Waals surface area contributed by atoms with Gasteiger partial charge in [0.15, 0.2) is 5.43 Å². The molecule has 1 aromatic heterocycles. The first-order valence-corrected chi connectivity index (χ1v) is 8.14. The summed E-state index contributed by atoms with van der Waals surface area (Å²) in [4.78, 5) is 29.2. The number of halogens is 4. The van der Waals surface area contributed by atoms with E-state index in [1.807, 2.05) is 4.90 Å². The smallest absolute Gasteiger partial charge is 0.357 e. The standard InChI is InChI=1S/C17H17F4N3O2/c18-11-2-3-14-13(8-11)15(25)9-12(22-14)10-23-4-1-5-24(7-6-23)16(26)17(19,20)21/h2-3,8-9H,1,4-7,10H2,(H,22,25). The van der Waals surface area contributed by atoms with Crippen LogP contribution < -0.4 is 5.43 Å². The average Bonchev–Trinajstić information content (AvgIpc) is 2.79. The van der Waals surface area contributed by atoms with Crippen LogP contribution in [0.15, 0.2) is 29.1 Å². The molecule has 1 fully saturated rings. The van der Waals surface area contributed by atoms with E-state index in [0.29, 0.717) is 30.7 Å². The number of hydrogen-bond acceptors (Lipinski definition) is 3. The number of aromatic amines is 1. The Labute approximate surface area is 146 Å². The maximum Gasteiger partial charge on any atom is 0.471 e. The highest BCUT2D eigenvalue weighted by molar-refractivity contribution is 5.82. The fraction of sp³-hybridized carbons (Fsp3) is 0.412. The van der Waals surface area contributed by atoms with Gasteiger partial charge in [-0.1, -0.05) is 0 Å². The fourth-order valence-electron chi connectivity index (χ4n) is 3.11. The van der Waals surface area contributed by atoms with E-state index in [1.165, 1.54) is 18.2 Å². The van der Waals surface area contributed by atoms with Gasteiger partial charge in [0.25, 0.3) is 0 Å². The summed E-state index contributed by atoms with van der Waals surface area (Å²) in [5.41, 5.74) is 0.763. The molecule has 1 amide bonds. The number of hydrogen-bond donors (Lipinski definition) is 1. The molecule has 0 bridgehead atoms. The lowest BCUT2D eigenvalue weighted by Crippen LogP contribution is -2.43. The summed E-state index contributed by atoms with van der Waals surface area (Å²) in [6.07, 6.45) is -4.46. The summed E-state index contributed by atoms with van der Waals surface area (Å²) in [5.74, 6) is -2.32. The van der Waals surface area contributed by atoms with Gasteiger partial charge in [-0.3, -0.25) is 14.5 Å². The van der Waals surface area contributed by atoms with Gasteiger partial charge in [0.1, 0.15) is 5.82 Å². The predicted molar refractivity (Wildman–Crippen MR) is 87.1 cm³/mol. The minimum Gasteiger partial charge on any atom is -0.357 e. The molecule has 9 heteroatoms. The summed E-state index contributed by atoms with van der Waals surface area (Å²) < 4.78 is 50.9. The molecule has 0 atom stereocenters. The van der Waals surface area contributed by atoms with Gasteiger partial charge in [-0.05, 0) is 24.6 Å². The molecule has 0 spiro atoms. The summed E-state index contributed by atoms with van der Waals surface area (Å²) >= 11 is 0. The number of nitrogens with one attached hydrogen (secondary N) is 1. The third-order valence-electron chi connectivity index (χ3n) is 4.36. The number of pyridine rings is 1. The largest absolute Gasteiger partial charge is 0.471 e. The van der Waals surface area contributed by atoms with Crippen LogP contribution in [0.25, 0.3) is 10.9 Å². The molecule has 0 aliphatic carbocycles. The number of alkyl halides is 3. The van der Waals surface area contributed by atoms with Crippen LogP contribution in [-0.4, -0.2) is 53.0 Å². The monoisotopic (exact) mass is 371 g/mol. The number of amides is 1. The Hall–Kier alpha value is -2.42. The Morgan fingerprint density at radius 3 is 2.62 bits per heavy atom. The third kappa shape index (κ3) is 4.04. The summed E-state index contributed by atoms with van der Waals surface area (Å²) in [6.45, 7) is 1.12. The molecule has 0 saturated carbocycles. The second-order valence-electron chi connectivity index (χ2n) is 6.27. The van der Waals surface area contributed by atoms with Crippen molar-refractivity contribution in [3.63, 3.8) is 0 Å². The zero-order chi connectivity index (χ0) is 18.9. The average molecular weight is 371 g/mol. The molecular weight excluding hydrogens is 354 g/mol. The van der Waals surface area contributed by atoms with E-state index < -0.39 is 17.9 Å². The number of aromatic nitrogens is 1. The van der Waals surface area contributed by atoms with Crippen LogP contribution >= 0.6 is 0 Å². The van der Waals surface area contributed by atoms with Crippen molar-refractivity contribution in [2.45, 2.75) is 19.1 Å². The highest BCUT2D eigenvalue weighted by Crippen LogP contribution is 2.20. The lowest BCUT2D eigenvalue weighted by atomic mass is 10.2. The Morgan fingerprint density at radius 2 is 1.88 bits per heavy atom. The van der Waals surface area contributed by atoms with Gasteiger partial charge in [-0.15, -0.1) is 0 Å². The Balaban J connectivity index is 1.72. The van der Waals surface area contributed by atoms with Crippen molar-refractivity contribution in [1.29, 1.82) is 0 Å². The zero-order valence-corrected chi connectivity index (χ0v) is 13.8. The van der Waals surface area contributed by atoms with Gasteiger partial charge in [-0.2, -0.15) is 13.2 Å². The van der Waals surface area contributed by atoms with Crippen molar-refractivity contribution in [2.75, 3.05) is 26.2 Å². The van der Waals surface area contributed by atoms with Gasteiger partial charge in [0.2, 0.25) is 0 Å². The van der Waals surface area contributed by atoms with Crippen LogP contribution in [0.5, 0.6) is 0 Å². The molecule has 26 heavy (non-hydrogen) atoms. The van der Waals surface area contributed by atoms with E-state index in [2.05, 4.69) is 4.98 Å². The lowest BCUT2D eigenvalue weighted by Gasteiger charge is -2.22. The molecular formula is C17H17F4N3O2. The van der Waals surface area contributed by atoms with Gasteiger partial charge in [0.05, 0.1) is 0 Å². The zero-order valence-electron chi connectivity index (χ0n) is 13.8. The molecule has 140 valence electrons. The molecule has 1 saturated heterocycles. The van der Waals surface area contributed by atoms with Gasteiger partial charge in [-0.25, -0.2) is 4.39 Å². The second kappa shape index (κ2) is 7.06. The molecule has 0 radical (unpaired) electrons. The Morgan fingerprint density at radius 1 is 1.12 bits per heavy atom. The van der Waals surface area contributed by atoms with Crippen molar-refractivity contribution in [3.05, 3.63) is 46.0 Å². The molecule has 2 heterocycles. The van der Waals surface area contributed by atoms with Crippen LogP contribution in [0.2, 0.25) is 0 Å². The van der Waals surface area contributed by atoms with E-state index in [9.17, 15) is 27.2 Å². The number of fused-ring (bicyclic) bond motifs is 1. The van der Waals surface area contributed by atoms with Crippen molar-refractivity contribution in [3.8, 4) is 0 Å². The maximum atomic E-state index is 13.2. The van der Waals surface area contributed by atoms with E-state index in [-0.39, 0.29) is 30.4 Å². The maximum absolute atomic E-state index is 13.2. The first-order valence-electron chi connectivity index (χ1n) is 8.14. The van der Waals surface area contributed by atoms with Crippen molar-refractivity contribution in [1.82, 2.24) is 14.8 Å². The third-order valence-corrected chi connectivity index (χ3v) is 4.36. The van der Waals surface area contributed by atoms with Gasteiger partial charge < -0.3 is 9.88 Å². The van der Waals surface area contributed by atoms with Gasteiger partial charge in [0, 0.05) is 55.4 Å². The van der Waals surface area contributed by atoms with Crippen molar-refractivity contribution < 1.29 is 22.4 Å². The van der Waals surface area contributed by atoms with E-state index in [0.717, 1.165) is 11.0 Å². The van der Waals surface area contributed by atoms with Crippen molar-refractivity contribution in [2.24, 2.45) is 0 Å². The first-order chi connectivity index (χ1) is 12.2. The molecule has 3 rings (SSSR count). The summed E-state index contributed by atoms with van der Waals surface area (Å²) in [6, 6.07) is 5.24. The fourth-order valence-corrected chi connectivity index (χ4v) is 3.11. The van der Waals surface area contributed by atoms with E-state index >= 15 is 0 Å².